The number of anilines is 3. The van der Waals surface area contributed by atoms with Gasteiger partial charge in [-0.25, -0.2) is 0 Å². The van der Waals surface area contributed by atoms with E-state index in [1.54, 1.807) is 13.2 Å². The first kappa shape index (κ1) is 15.5. The van der Waals surface area contributed by atoms with Gasteiger partial charge in [-0.15, -0.1) is 0 Å². The van der Waals surface area contributed by atoms with Crippen molar-refractivity contribution in [2.75, 3.05) is 43.2 Å². The van der Waals surface area contributed by atoms with Crippen molar-refractivity contribution < 1.29 is 9.84 Å². The zero-order valence-corrected chi connectivity index (χ0v) is 11.5. The molecule has 1 rings (SSSR count). The van der Waals surface area contributed by atoms with Crippen LogP contribution in [0.3, 0.4) is 0 Å². The second kappa shape index (κ2) is 8.49. The van der Waals surface area contributed by atoms with Crippen molar-refractivity contribution in [1.29, 1.82) is 0 Å². The Bertz CT molecular complexity index is 369. The summed E-state index contributed by atoms with van der Waals surface area (Å²) in [6.45, 7) is 3.48. The molecule has 1 aromatic heterocycles. The van der Waals surface area contributed by atoms with E-state index in [-0.39, 0.29) is 18.6 Å². The minimum Gasteiger partial charge on any atom is -0.396 e. The SMILES string of the molecule is CCCNc1cc(NC(CCO)COC)nc(N)n1. The van der Waals surface area contributed by atoms with Gasteiger partial charge in [0.1, 0.15) is 11.6 Å². The van der Waals surface area contributed by atoms with Crippen LogP contribution < -0.4 is 16.4 Å². The summed E-state index contributed by atoms with van der Waals surface area (Å²) >= 11 is 0. The van der Waals surface area contributed by atoms with Crippen molar-refractivity contribution in [1.82, 2.24) is 9.97 Å². The van der Waals surface area contributed by atoms with Crippen molar-refractivity contribution in [2.24, 2.45) is 0 Å². The fraction of sp³-hybridized carbons (Fsp3) is 0.667. The lowest BCUT2D eigenvalue weighted by Crippen LogP contribution is -2.27. The van der Waals surface area contributed by atoms with Gasteiger partial charge in [0.25, 0.3) is 0 Å². The van der Waals surface area contributed by atoms with E-state index < -0.39 is 0 Å². The molecule has 5 N–H and O–H groups in total. The van der Waals surface area contributed by atoms with Crippen LogP contribution in [0.5, 0.6) is 0 Å². The van der Waals surface area contributed by atoms with Gasteiger partial charge in [-0.2, -0.15) is 9.97 Å². The van der Waals surface area contributed by atoms with Gasteiger partial charge in [-0.3, -0.25) is 0 Å². The van der Waals surface area contributed by atoms with Gasteiger partial charge in [0, 0.05) is 26.3 Å². The molecule has 0 spiro atoms. The molecule has 1 unspecified atom stereocenters. The molecule has 0 aliphatic rings. The van der Waals surface area contributed by atoms with Gasteiger partial charge >= 0.3 is 0 Å². The molecule has 0 aromatic carbocycles. The van der Waals surface area contributed by atoms with E-state index in [2.05, 4.69) is 27.5 Å². The Hall–Kier alpha value is -1.60. The molecule has 1 heterocycles. The Morgan fingerprint density at radius 2 is 2.16 bits per heavy atom. The summed E-state index contributed by atoms with van der Waals surface area (Å²) in [5.74, 6) is 1.53. The van der Waals surface area contributed by atoms with Gasteiger partial charge in [0.15, 0.2) is 0 Å². The number of aliphatic hydroxyl groups is 1. The van der Waals surface area contributed by atoms with Gasteiger partial charge in [0.2, 0.25) is 5.95 Å². The molecule has 1 atom stereocenters. The van der Waals surface area contributed by atoms with E-state index in [1.165, 1.54) is 0 Å². The van der Waals surface area contributed by atoms with Crippen LogP contribution >= 0.6 is 0 Å². The van der Waals surface area contributed by atoms with Crippen LogP contribution in [0, 0.1) is 0 Å². The third-order valence-electron chi connectivity index (χ3n) is 2.50. The average Bonchev–Trinajstić information content (AvgIpc) is 2.36. The van der Waals surface area contributed by atoms with E-state index >= 15 is 0 Å². The monoisotopic (exact) mass is 269 g/mol. The molecular formula is C12H23N5O2. The van der Waals surface area contributed by atoms with E-state index in [0.717, 1.165) is 13.0 Å². The number of aliphatic hydroxyl groups excluding tert-OH is 1. The fourth-order valence-electron chi connectivity index (χ4n) is 1.65. The van der Waals surface area contributed by atoms with E-state index in [0.29, 0.717) is 24.7 Å². The number of nitrogen functional groups attached to an aromatic ring is 1. The average molecular weight is 269 g/mol. The number of ether oxygens (including phenoxy) is 1. The molecule has 7 heteroatoms. The molecule has 1 aromatic rings. The summed E-state index contributed by atoms with van der Waals surface area (Å²) < 4.78 is 5.09. The molecule has 108 valence electrons. The van der Waals surface area contributed by atoms with Gasteiger partial charge < -0.3 is 26.2 Å². The standard InChI is InChI=1S/C12H23N5O2/c1-3-5-14-10-7-11(17-12(13)16-10)15-9(4-6-18)8-19-2/h7,9,18H,3-6,8H2,1-2H3,(H4,13,14,15,16,17). The Kier molecular flexibility index (Phi) is 6.91. The third-order valence-corrected chi connectivity index (χ3v) is 2.50. The highest BCUT2D eigenvalue weighted by atomic mass is 16.5. The molecule has 0 bridgehead atoms. The van der Waals surface area contributed by atoms with Gasteiger partial charge in [0.05, 0.1) is 12.6 Å². The van der Waals surface area contributed by atoms with Crippen LogP contribution in [0.1, 0.15) is 19.8 Å². The number of nitrogens with zero attached hydrogens (tertiary/aromatic N) is 2. The maximum absolute atomic E-state index is 9.00. The number of rotatable bonds is 9. The highest BCUT2D eigenvalue weighted by Crippen LogP contribution is 2.14. The van der Waals surface area contributed by atoms with Crippen molar-refractivity contribution in [3.8, 4) is 0 Å². The third kappa shape index (κ3) is 5.71. The predicted molar refractivity (Wildman–Crippen MR) is 76.2 cm³/mol. The van der Waals surface area contributed by atoms with Crippen LogP contribution in [0.2, 0.25) is 0 Å². The summed E-state index contributed by atoms with van der Waals surface area (Å²) in [7, 11) is 1.62. The van der Waals surface area contributed by atoms with Gasteiger partial charge in [-0.1, -0.05) is 6.92 Å². The lowest BCUT2D eigenvalue weighted by atomic mass is 10.2. The summed E-state index contributed by atoms with van der Waals surface area (Å²) in [6.07, 6.45) is 1.58. The van der Waals surface area contributed by atoms with Crippen molar-refractivity contribution in [2.45, 2.75) is 25.8 Å². The van der Waals surface area contributed by atoms with Crippen LogP contribution in [0.4, 0.5) is 17.6 Å². The largest absolute Gasteiger partial charge is 0.396 e. The Morgan fingerprint density at radius 1 is 1.42 bits per heavy atom. The quantitative estimate of drug-likeness (QED) is 0.522. The smallest absolute Gasteiger partial charge is 0.223 e. The van der Waals surface area contributed by atoms with Crippen LogP contribution in [-0.4, -0.2) is 48.0 Å². The number of nitrogens with one attached hydrogen (secondary N) is 2. The predicted octanol–water partition coefficient (Wildman–Crippen LogP) is 0.690. The highest BCUT2D eigenvalue weighted by molar-refractivity contribution is 5.51. The summed E-state index contributed by atoms with van der Waals surface area (Å²) in [5.41, 5.74) is 5.67. The van der Waals surface area contributed by atoms with E-state index in [9.17, 15) is 0 Å². The Labute approximate surface area is 113 Å². The summed E-state index contributed by atoms with van der Waals surface area (Å²) in [5, 5.41) is 15.3. The molecule has 0 aliphatic heterocycles. The zero-order chi connectivity index (χ0) is 14.1. The normalized spacial score (nSPS) is 12.2. The zero-order valence-electron chi connectivity index (χ0n) is 11.5. The van der Waals surface area contributed by atoms with E-state index in [4.69, 9.17) is 15.6 Å². The van der Waals surface area contributed by atoms with Crippen LogP contribution in [0.25, 0.3) is 0 Å². The number of nitrogens with two attached hydrogens (primary N) is 1. The van der Waals surface area contributed by atoms with Gasteiger partial charge in [-0.05, 0) is 12.8 Å². The second-order valence-electron chi connectivity index (χ2n) is 4.23. The number of hydrogen-bond acceptors (Lipinski definition) is 7. The maximum atomic E-state index is 9.00. The minimum atomic E-state index is -0.0108. The number of aromatic nitrogens is 2. The highest BCUT2D eigenvalue weighted by Gasteiger charge is 2.10. The fourth-order valence-corrected chi connectivity index (χ4v) is 1.65. The van der Waals surface area contributed by atoms with Crippen molar-refractivity contribution in [3.05, 3.63) is 6.07 Å². The molecular weight excluding hydrogens is 246 g/mol. The molecule has 19 heavy (non-hydrogen) atoms. The van der Waals surface area contributed by atoms with Crippen LogP contribution in [-0.2, 0) is 4.74 Å². The molecule has 0 saturated heterocycles. The van der Waals surface area contributed by atoms with Crippen LogP contribution in [0.15, 0.2) is 6.07 Å². The summed E-state index contributed by atoms with van der Waals surface area (Å²) in [4.78, 5) is 8.23. The Balaban J connectivity index is 2.72. The number of hydrogen-bond donors (Lipinski definition) is 4. The molecule has 7 nitrogen and oxygen atoms in total. The number of methoxy groups -OCH3 is 1. The maximum Gasteiger partial charge on any atom is 0.223 e. The lowest BCUT2D eigenvalue weighted by Gasteiger charge is -2.18. The molecule has 0 fully saturated rings. The van der Waals surface area contributed by atoms with Crippen molar-refractivity contribution >= 4 is 17.6 Å². The first-order valence-corrected chi connectivity index (χ1v) is 6.44. The molecule has 0 radical (unpaired) electrons. The first-order chi connectivity index (χ1) is 9.19. The second-order valence-corrected chi connectivity index (χ2v) is 4.23. The Morgan fingerprint density at radius 3 is 2.79 bits per heavy atom. The van der Waals surface area contributed by atoms with E-state index in [1.807, 2.05) is 0 Å². The molecule has 0 amide bonds. The first-order valence-electron chi connectivity index (χ1n) is 6.44. The minimum absolute atomic E-state index is 0.0108. The molecule has 0 saturated carbocycles. The lowest BCUT2D eigenvalue weighted by molar-refractivity contribution is 0.170. The summed E-state index contributed by atoms with van der Waals surface area (Å²) in [6, 6.07) is 1.79. The molecule has 0 aliphatic carbocycles. The topological polar surface area (TPSA) is 105 Å². The van der Waals surface area contributed by atoms with Crippen molar-refractivity contribution in [3.63, 3.8) is 0 Å².